The lowest BCUT2D eigenvalue weighted by Crippen LogP contribution is -2.30. The van der Waals surface area contributed by atoms with E-state index in [4.69, 9.17) is 11.2 Å². The molecular weight excluding hydrogens is 324 g/mol. The number of hydrogen-bond donors (Lipinski definition) is 0. The number of pyridine rings is 1. The zero-order chi connectivity index (χ0) is 18.4. The van der Waals surface area contributed by atoms with E-state index < -0.39 is 0 Å². The Morgan fingerprint density at radius 1 is 1.12 bits per heavy atom. The zero-order valence-corrected chi connectivity index (χ0v) is 14.4. The van der Waals surface area contributed by atoms with Crippen LogP contribution in [0, 0.1) is 12.3 Å². The van der Waals surface area contributed by atoms with Crippen LogP contribution < -0.4 is 9.64 Å². The minimum Gasteiger partial charge on any atom is -0.456 e. The maximum atomic E-state index is 12.9. The van der Waals surface area contributed by atoms with Crippen LogP contribution in [0.3, 0.4) is 0 Å². The fourth-order valence-electron chi connectivity index (χ4n) is 2.57. The Kier molecular flexibility index (Phi) is 5.31. The fraction of sp³-hybridized carbons (Fsp3) is 0.0909. The lowest BCUT2D eigenvalue weighted by Gasteiger charge is -2.21. The van der Waals surface area contributed by atoms with E-state index in [9.17, 15) is 4.79 Å². The molecule has 0 aliphatic heterocycles. The molecule has 2 aromatic carbocycles. The predicted octanol–water partition coefficient (Wildman–Crippen LogP) is 4.52. The monoisotopic (exact) mass is 342 g/mol. The van der Waals surface area contributed by atoms with Crippen molar-refractivity contribution in [3.63, 3.8) is 0 Å². The largest absolute Gasteiger partial charge is 0.456 e. The molecule has 0 unspecified atom stereocenters. The van der Waals surface area contributed by atoms with Crippen molar-refractivity contribution in [3.8, 4) is 23.8 Å². The third kappa shape index (κ3) is 3.90. The van der Waals surface area contributed by atoms with Gasteiger partial charge in [-0.25, -0.2) is 0 Å². The van der Waals surface area contributed by atoms with E-state index in [-0.39, 0.29) is 5.91 Å². The fourth-order valence-corrected chi connectivity index (χ4v) is 2.57. The highest BCUT2D eigenvalue weighted by Crippen LogP contribution is 2.23. The highest BCUT2D eigenvalue weighted by Gasteiger charge is 2.16. The minimum atomic E-state index is -0.0883. The number of terminal acetylenes is 1. The Labute approximate surface area is 153 Å². The van der Waals surface area contributed by atoms with Gasteiger partial charge in [0.1, 0.15) is 11.5 Å². The molecule has 0 aliphatic carbocycles. The maximum Gasteiger partial charge on any atom is 0.258 e. The number of rotatable bonds is 5. The van der Waals surface area contributed by atoms with E-state index in [1.165, 1.54) is 0 Å². The molecule has 1 heterocycles. The van der Waals surface area contributed by atoms with Crippen LogP contribution in [0.25, 0.3) is 0 Å². The van der Waals surface area contributed by atoms with Crippen LogP contribution >= 0.6 is 0 Å². The van der Waals surface area contributed by atoms with Crippen LogP contribution in [0.4, 0.5) is 5.69 Å². The van der Waals surface area contributed by atoms with Crippen LogP contribution in [0.1, 0.15) is 22.8 Å². The van der Waals surface area contributed by atoms with Crippen molar-refractivity contribution >= 4 is 11.6 Å². The Hall–Kier alpha value is -3.58. The van der Waals surface area contributed by atoms with E-state index in [0.29, 0.717) is 23.6 Å². The first kappa shape index (κ1) is 17.2. The molecule has 0 N–H and O–H groups in total. The molecule has 3 rings (SSSR count). The molecule has 0 saturated carbocycles. The van der Waals surface area contributed by atoms with E-state index in [0.717, 1.165) is 11.3 Å². The molecule has 26 heavy (non-hydrogen) atoms. The zero-order valence-electron chi connectivity index (χ0n) is 14.4. The summed E-state index contributed by atoms with van der Waals surface area (Å²) in [6, 6.07) is 18.1. The molecule has 1 aromatic heterocycles. The molecule has 0 spiro atoms. The second kappa shape index (κ2) is 8.00. The summed E-state index contributed by atoms with van der Waals surface area (Å²) in [5.74, 6) is 3.80. The molecule has 4 heteroatoms. The summed E-state index contributed by atoms with van der Waals surface area (Å²) < 4.78 is 5.71. The number of hydrogen-bond acceptors (Lipinski definition) is 3. The summed E-state index contributed by atoms with van der Waals surface area (Å²) in [5, 5.41) is 0. The number of carbonyl (C=O) groups excluding carboxylic acids is 1. The Morgan fingerprint density at radius 3 is 2.58 bits per heavy atom. The van der Waals surface area contributed by atoms with E-state index in [1.54, 1.807) is 47.6 Å². The first-order valence-electron chi connectivity index (χ1n) is 8.27. The SMILES string of the molecule is C#Cc1cccc(N(CC)C(=O)c2ccc(Oc3cccnc3)cc2)c1. The molecular formula is C22H18N2O2. The van der Waals surface area contributed by atoms with Crippen LogP contribution in [0.2, 0.25) is 0 Å². The molecule has 3 aromatic rings. The first-order chi connectivity index (χ1) is 12.7. The molecule has 0 atom stereocenters. The van der Waals surface area contributed by atoms with Gasteiger partial charge in [-0.3, -0.25) is 9.78 Å². The quantitative estimate of drug-likeness (QED) is 0.640. The van der Waals surface area contributed by atoms with Crippen LogP contribution in [-0.4, -0.2) is 17.4 Å². The average molecular weight is 342 g/mol. The van der Waals surface area contributed by atoms with Gasteiger partial charge in [-0.05, 0) is 61.5 Å². The van der Waals surface area contributed by atoms with Gasteiger partial charge in [-0.2, -0.15) is 0 Å². The standard InChI is InChI=1S/C22H18N2O2/c1-3-17-7-5-8-19(15-17)24(4-2)22(25)18-10-12-20(13-11-18)26-21-9-6-14-23-16-21/h1,5-16H,4H2,2H3. The highest BCUT2D eigenvalue weighted by molar-refractivity contribution is 6.06. The molecule has 0 saturated heterocycles. The molecule has 4 nitrogen and oxygen atoms in total. The molecule has 0 radical (unpaired) electrons. The Bertz CT molecular complexity index is 928. The summed E-state index contributed by atoms with van der Waals surface area (Å²) >= 11 is 0. The molecule has 0 bridgehead atoms. The van der Waals surface area contributed by atoms with Gasteiger partial charge in [0.15, 0.2) is 0 Å². The predicted molar refractivity (Wildman–Crippen MR) is 102 cm³/mol. The lowest BCUT2D eigenvalue weighted by molar-refractivity contribution is 0.0988. The van der Waals surface area contributed by atoms with Crippen LogP contribution in [0.5, 0.6) is 11.5 Å². The summed E-state index contributed by atoms with van der Waals surface area (Å²) in [6.45, 7) is 2.47. The Morgan fingerprint density at radius 2 is 1.92 bits per heavy atom. The van der Waals surface area contributed by atoms with Crippen molar-refractivity contribution < 1.29 is 9.53 Å². The molecule has 0 aliphatic rings. The van der Waals surface area contributed by atoms with Gasteiger partial charge in [0, 0.05) is 29.6 Å². The van der Waals surface area contributed by atoms with Crippen molar-refractivity contribution in [1.82, 2.24) is 4.98 Å². The number of nitrogens with zero attached hydrogens (tertiary/aromatic N) is 2. The smallest absolute Gasteiger partial charge is 0.258 e. The van der Waals surface area contributed by atoms with Crippen molar-refractivity contribution in [2.45, 2.75) is 6.92 Å². The number of benzene rings is 2. The second-order valence-corrected chi connectivity index (χ2v) is 5.56. The molecule has 0 fully saturated rings. The Balaban J connectivity index is 1.79. The summed E-state index contributed by atoms with van der Waals surface area (Å²) in [6.07, 6.45) is 8.77. The lowest BCUT2D eigenvalue weighted by atomic mass is 10.1. The number of amides is 1. The van der Waals surface area contributed by atoms with Gasteiger partial charge < -0.3 is 9.64 Å². The van der Waals surface area contributed by atoms with Crippen molar-refractivity contribution in [1.29, 1.82) is 0 Å². The summed E-state index contributed by atoms with van der Waals surface area (Å²) in [4.78, 5) is 18.6. The molecule has 128 valence electrons. The number of aromatic nitrogens is 1. The van der Waals surface area contributed by atoms with Gasteiger partial charge in [0.25, 0.3) is 5.91 Å². The number of anilines is 1. The topological polar surface area (TPSA) is 42.4 Å². The first-order valence-corrected chi connectivity index (χ1v) is 8.27. The normalized spacial score (nSPS) is 10.0. The van der Waals surface area contributed by atoms with Gasteiger partial charge in [-0.1, -0.05) is 12.0 Å². The highest BCUT2D eigenvalue weighted by atomic mass is 16.5. The third-order valence-electron chi connectivity index (χ3n) is 3.86. The number of ether oxygens (including phenoxy) is 1. The van der Waals surface area contributed by atoms with Crippen LogP contribution in [0.15, 0.2) is 73.1 Å². The second-order valence-electron chi connectivity index (χ2n) is 5.56. The summed E-state index contributed by atoms with van der Waals surface area (Å²) in [7, 11) is 0. The number of carbonyl (C=O) groups is 1. The van der Waals surface area contributed by atoms with Gasteiger partial charge in [-0.15, -0.1) is 6.42 Å². The van der Waals surface area contributed by atoms with E-state index in [2.05, 4.69) is 10.9 Å². The maximum absolute atomic E-state index is 12.9. The van der Waals surface area contributed by atoms with Crippen LogP contribution in [-0.2, 0) is 0 Å². The minimum absolute atomic E-state index is 0.0883. The van der Waals surface area contributed by atoms with Crippen molar-refractivity contribution in [2.24, 2.45) is 0 Å². The molecule has 1 amide bonds. The van der Waals surface area contributed by atoms with E-state index in [1.807, 2.05) is 37.3 Å². The van der Waals surface area contributed by atoms with E-state index >= 15 is 0 Å². The average Bonchev–Trinajstić information content (AvgIpc) is 2.70. The van der Waals surface area contributed by atoms with Gasteiger partial charge in [0.05, 0.1) is 6.20 Å². The van der Waals surface area contributed by atoms with Gasteiger partial charge >= 0.3 is 0 Å². The van der Waals surface area contributed by atoms with Gasteiger partial charge in [0.2, 0.25) is 0 Å². The van der Waals surface area contributed by atoms with Crippen molar-refractivity contribution in [3.05, 3.63) is 84.2 Å². The third-order valence-corrected chi connectivity index (χ3v) is 3.86. The van der Waals surface area contributed by atoms with Crippen molar-refractivity contribution in [2.75, 3.05) is 11.4 Å². The summed E-state index contributed by atoms with van der Waals surface area (Å²) in [5.41, 5.74) is 2.11.